The number of imidazole rings is 1. The van der Waals surface area contributed by atoms with Crippen molar-refractivity contribution in [1.29, 1.82) is 0 Å². The maximum Gasteiger partial charge on any atom is 0.140 e. The summed E-state index contributed by atoms with van der Waals surface area (Å²) in [6.45, 7) is 3.45. The Balaban J connectivity index is 1.86. The maximum atomic E-state index is 6.29. The summed E-state index contributed by atoms with van der Waals surface area (Å²) in [5.41, 5.74) is 3.05. The summed E-state index contributed by atoms with van der Waals surface area (Å²) in [4.78, 5) is 4.37. The Bertz CT molecular complexity index is 722. The van der Waals surface area contributed by atoms with Gasteiger partial charge in [0.05, 0.1) is 22.4 Å². The van der Waals surface area contributed by atoms with Crippen molar-refractivity contribution in [2.45, 2.75) is 20.1 Å². The molecule has 0 saturated heterocycles. The van der Waals surface area contributed by atoms with Gasteiger partial charge in [-0.3, -0.25) is 0 Å². The van der Waals surface area contributed by atoms with Crippen molar-refractivity contribution in [2.75, 3.05) is 0 Å². The van der Waals surface area contributed by atoms with Gasteiger partial charge in [-0.2, -0.15) is 0 Å². The van der Waals surface area contributed by atoms with Gasteiger partial charge >= 0.3 is 0 Å². The lowest BCUT2D eigenvalue weighted by molar-refractivity contribution is 0.307. The minimum absolute atomic E-state index is 0.501. The van der Waals surface area contributed by atoms with Gasteiger partial charge in [0.15, 0.2) is 0 Å². The molecule has 20 heavy (non-hydrogen) atoms. The van der Waals surface area contributed by atoms with Crippen LogP contribution in [0.3, 0.4) is 0 Å². The first-order valence-electron chi connectivity index (χ1n) is 6.59. The molecule has 0 aliphatic carbocycles. The highest BCUT2D eigenvalue weighted by atomic mass is 35.5. The fraction of sp³-hybridized carbons (Fsp3) is 0.188. The zero-order valence-electron chi connectivity index (χ0n) is 11.2. The Hall–Kier alpha value is -2.00. The Morgan fingerprint density at radius 3 is 2.75 bits per heavy atom. The standard InChI is InChI=1S/C16H15ClN2O/c1-2-19-11-18-14-9-16(13(17)8-15(14)19)20-10-12-6-4-3-5-7-12/h3-9,11H,2,10H2,1H3. The van der Waals surface area contributed by atoms with Crippen molar-refractivity contribution in [3.63, 3.8) is 0 Å². The molecule has 1 aromatic heterocycles. The number of halogens is 1. The molecule has 0 unspecified atom stereocenters. The van der Waals surface area contributed by atoms with Gasteiger partial charge in [0, 0.05) is 12.6 Å². The smallest absolute Gasteiger partial charge is 0.140 e. The number of aryl methyl sites for hydroxylation is 1. The highest BCUT2D eigenvalue weighted by Gasteiger charge is 2.08. The van der Waals surface area contributed by atoms with E-state index in [1.54, 1.807) is 0 Å². The first-order valence-corrected chi connectivity index (χ1v) is 6.97. The molecule has 0 saturated carbocycles. The molecule has 0 spiro atoms. The van der Waals surface area contributed by atoms with Crippen molar-refractivity contribution in [1.82, 2.24) is 9.55 Å². The SMILES string of the molecule is CCn1cnc2cc(OCc3ccccc3)c(Cl)cc21. The molecule has 0 amide bonds. The third-order valence-electron chi connectivity index (χ3n) is 3.25. The molecule has 2 aromatic carbocycles. The second-order valence-corrected chi connectivity index (χ2v) is 4.98. The van der Waals surface area contributed by atoms with Crippen molar-refractivity contribution >= 4 is 22.6 Å². The monoisotopic (exact) mass is 286 g/mol. The molecular weight excluding hydrogens is 272 g/mol. The molecule has 0 N–H and O–H groups in total. The average molecular weight is 287 g/mol. The molecule has 0 aliphatic heterocycles. The van der Waals surface area contributed by atoms with E-state index in [-0.39, 0.29) is 0 Å². The van der Waals surface area contributed by atoms with Crippen molar-refractivity contribution in [3.05, 3.63) is 59.4 Å². The summed E-state index contributed by atoms with van der Waals surface area (Å²) >= 11 is 6.29. The third kappa shape index (κ3) is 2.49. The van der Waals surface area contributed by atoms with E-state index in [0.717, 1.165) is 23.1 Å². The van der Waals surface area contributed by atoms with E-state index >= 15 is 0 Å². The Morgan fingerprint density at radius 1 is 1.20 bits per heavy atom. The maximum absolute atomic E-state index is 6.29. The molecule has 1 heterocycles. The molecule has 0 fully saturated rings. The lowest BCUT2D eigenvalue weighted by Crippen LogP contribution is -1.96. The predicted molar refractivity (Wildman–Crippen MR) is 81.2 cm³/mol. The minimum Gasteiger partial charge on any atom is -0.487 e. The largest absolute Gasteiger partial charge is 0.487 e. The van der Waals surface area contributed by atoms with Crippen molar-refractivity contribution in [3.8, 4) is 5.75 Å². The Morgan fingerprint density at radius 2 is 2.00 bits per heavy atom. The van der Waals surface area contributed by atoms with E-state index < -0.39 is 0 Å². The fourth-order valence-corrected chi connectivity index (χ4v) is 2.37. The van der Waals surface area contributed by atoms with Crippen LogP contribution in [0.25, 0.3) is 11.0 Å². The predicted octanol–water partition coefficient (Wildman–Crippen LogP) is 4.29. The zero-order valence-corrected chi connectivity index (χ0v) is 12.0. The Kier molecular flexibility index (Phi) is 3.61. The van der Waals surface area contributed by atoms with Crippen LogP contribution in [0.1, 0.15) is 12.5 Å². The van der Waals surface area contributed by atoms with E-state index in [4.69, 9.17) is 16.3 Å². The summed E-state index contributed by atoms with van der Waals surface area (Å²) in [7, 11) is 0. The zero-order chi connectivity index (χ0) is 13.9. The van der Waals surface area contributed by atoms with Crippen LogP contribution in [-0.2, 0) is 13.2 Å². The van der Waals surface area contributed by atoms with Crippen molar-refractivity contribution in [2.24, 2.45) is 0 Å². The van der Waals surface area contributed by atoms with Gasteiger partial charge in [0.1, 0.15) is 12.4 Å². The van der Waals surface area contributed by atoms with Crippen LogP contribution in [0.15, 0.2) is 48.8 Å². The van der Waals surface area contributed by atoms with Gasteiger partial charge in [-0.15, -0.1) is 0 Å². The lowest BCUT2D eigenvalue weighted by Gasteiger charge is -2.09. The van der Waals surface area contributed by atoms with E-state index in [1.807, 2.05) is 48.8 Å². The Labute approximate surface area is 122 Å². The summed E-state index contributed by atoms with van der Waals surface area (Å²) in [6.07, 6.45) is 1.82. The number of rotatable bonds is 4. The van der Waals surface area contributed by atoms with Gasteiger partial charge < -0.3 is 9.30 Å². The number of nitrogens with zero attached hydrogens (tertiary/aromatic N) is 2. The van der Waals surface area contributed by atoms with Crippen LogP contribution in [0.4, 0.5) is 0 Å². The second-order valence-electron chi connectivity index (χ2n) is 4.58. The third-order valence-corrected chi connectivity index (χ3v) is 3.55. The van der Waals surface area contributed by atoms with Crippen LogP contribution in [0.5, 0.6) is 5.75 Å². The summed E-state index contributed by atoms with van der Waals surface area (Å²) < 4.78 is 7.85. The number of hydrogen-bond acceptors (Lipinski definition) is 2. The van der Waals surface area contributed by atoms with Crippen molar-refractivity contribution < 1.29 is 4.74 Å². The topological polar surface area (TPSA) is 27.1 Å². The van der Waals surface area contributed by atoms with Gasteiger partial charge in [-0.05, 0) is 18.6 Å². The summed E-state index contributed by atoms with van der Waals surface area (Å²) in [5, 5.41) is 0.614. The highest BCUT2D eigenvalue weighted by molar-refractivity contribution is 6.32. The number of benzene rings is 2. The van der Waals surface area contributed by atoms with Crippen LogP contribution >= 0.6 is 11.6 Å². The highest BCUT2D eigenvalue weighted by Crippen LogP contribution is 2.30. The summed E-state index contributed by atoms with van der Waals surface area (Å²) in [6, 6.07) is 13.8. The molecule has 0 aliphatic rings. The number of ether oxygens (including phenoxy) is 1. The summed E-state index contributed by atoms with van der Waals surface area (Å²) in [5.74, 6) is 0.671. The molecule has 102 valence electrons. The molecule has 0 atom stereocenters. The molecule has 3 nitrogen and oxygen atoms in total. The fourth-order valence-electron chi connectivity index (χ4n) is 2.16. The van der Waals surface area contributed by atoms with Gasteiger partial charge in [-0.1, -0.05) is 41.9 Å². The molecule has 0 bridgehead atoms. The van der Waals surface area contributed by atoms with Crippen LogP contribution in [0.2, 0.25) is 5.02 Å². The normalized spacial score (nSPS) is 10.9. The molecule has 3 aromatic rings. The van der Waals surface area contributed by atoms with Crippen LogP contribution < -0.4 is 4.74 Å². The van der Waals surface area contributed by atoms with Gasteiger partial charge in [0.2, 0.25) is 0 Å². The first kappa shape index (κ1) is 13.0. The van der Waals surface area contributed by atoms with E-state index in [1.165, 1.54) is 0 Å². The minimum atomic E-state index is 0.501. The van der Waals surface area contributed by atoms with Crippen LogP contribution in [0, 0.1) is 0 Å². The first-order chi connectivity index (χ1) is 9.78. The molecule has 4 heteroatoms. The average Bonchev–Trinajstić information content (AvgIpc) is 2.87. The number of fused-ring (bicyclic) bond motifs is 1. The number of aromatic nitrogens is 2. The molecule has 3 rings (SSSR count). The van der Waals surface area contributed by atoms with Gasteiger partial charge in [0.25, 0.3) is 0 Å². The lowest BCUT2D eigenvalue weighted by atomic mass is 10.2. The van der Waals surface area contributed by atoms with E-state index in [9.17, 15) is 0 Å². The quantitative estimate of drug-likeness (QED) is 0.715. The molecule has 0 radical (unpaired) electrons. The van der Waals surface area contributed by atoms with E-state index in [2.05, 4.69) is 16.5 Å². The number of hydrogen-bond donors (Lipinski definition) is 0. The van der Waals surface area contributed by atoms with Gasteiger partial charge in [-0.25, -0.2) is 4.98 Å². The van der Waals surface area contributed by atoms with Crippen LogP contribution in [-0.4, -0.2) is 9.55 Å². The second kappa shape index (κ2) is 5.55. The molecular formula is C16H15ClN2O. The van der Waals surface area contributed by atoms with E-state index in [0.29, 0.717) is 17.4 Å².